The van der Waals surface area contributed by atoms with Gasteiger partial charge < -0.3 is 4.90 Å². The molecule has 1 saturated heterocycles. The third-order valence-electron chi connectivity index (χ3n) is 5.29. The molecule has 1 amide bonds. The Bertz CT molecular complexity index is 936. The molecule has 0 aromatic carbocycles. The molecule has 0 aliphatic carbocycles. The summed E-state index contributed by atoms with van der Waals surface area (Å²) in [4.78, 5) is 23.6. The second-order valence-electron chi connectivity index (χ2n) is 6.67. The maximum Gasteiger partial charge on any atom is 0.256 e. The molecule has 2 unspecified atom stereocenters. The molecule has 124 valence electrons. The van der Waals surface area contributed by atoms with Crippen LogP contribution in [-0.2, 0) is 6.42 Å². The molecule has 2 atom stereocenters. The van der Waals surface area contributed by atoms with Crippen LogP contribution in [0, 0.1) is 0 Å². The number of hydrogen-bond acceptors (Lipinski definition) is 4. The van der Waals surface area contributed by atoms with E-state index in [0.29, 0.717) is 5.56 Å². The van der Waals surface area contributed by atoms with Crippen molar-refractivity contribution >= 4 is 5.91 Å². The van der Waals surface area contributed by atoms with Crippen LogP contribution in [0.2, 0.25) is 0 Å². The summed E-state index contributed by atoms with van der Waals surface area (Å²) < 4.78 is 0. The number of hydrogen-bond donors (Lipinski definition) is 1. The predicted octanol–water partition coefficient (Wildman–Crippen LogP) is 2.77. The lowest BCUT2D eigenvalue weighted by molar-refractivity contribution is 0.0645. The fourth-order valence-electron chi connectivity index (χ4n) is 4.11. The molecule has 25 heavy (non-hydrogen) atoms. The first-order chi connectivity index (χ1) is 12.3. The smallest absolute Gasteiger partial charge is 0.256 e. The van der Waals surface area contributed by atoms with Gasteiger partial charge in [-0.25, -0.2) is 0 Å². The Hall–Kier alpha value is -3.02. The normalized spacial score (nSPS) is 21.2. The zero-order chi connectivity index (χ0) is 16.8. The fourth-order valence-corrected chi connectivity index (χ4v) is 4.11. The number of H-pyrrole nitrogens is 1. The zero-order valence-electron chi connectivity index (χ0n) is 13.6. The van der Waals surface area contributed by atoms with Gasteiger partial charge in [0.1, 0.15) is 0 Å². The minimum absolute atomic E-state index is 0.0581. The Morgan fingerprint density at radius 3 is 2.84 bits per heavy atom. The number of fused-ring (bicyclic) bond motifs is 4. The molecule has 3 aromatic heterocycles. The maximum atomic E-state index is 13.2. The van der Waals surface area contributed by atoms with E-state index in [4.69, 9.17) is 0 Å². The molecule has 2 aliphatic rings. The number of nitrogens with zero attached hydrogens (tertiary/aromatic N) is 4. The molecule has 3 aromatic rings. The van der Waals surface area contributed by atoms with Crippen LogP contribution >= 0.6 is 0 Å². The van der Waals surface area contributed by atoms with Gasteiger partial charge in [0.15, 0.2) is 0 Å². The van der Waals surface area contributed by atoms with Gasteiger partial charge >= 0.3 is 0 Å². The average Bonchev–Trinajstić information content (AvgIpc) is 3.27. The Morgan fingerprint density at radius 2 is 1.96 bits per heavy atom. The van der Waals surface area contributed by atoms with Crippen LogP contribution in [0.4, 0.5) is 0 Å². The van der Waals surface area contributed by atoms with E-state index in [1.54, 1.807) is 24.8 Å². The Balaban J connectivity index is 1.50. The van der Waals surface area contributed by atoms with Crippen LogP contribution in [0.3, 0.4) is 0 Å². The standard InChI is InChI=1S/C19H17N5O/c25-19(14-7-13(9-21-10-14)12-3-5-20-6-4-12)24-15-1-2-18(24)16-11-22-23-17(16)8-15/h3-7,9-11,15,18H,1-2,8H2,(H,22,23). The summed E-state index contributed by atoms with van der Waals surface area (Å²) in [5, 5.41) is 7.24. The van der Waals surface area contributed by atoms with E-state index in [9.17, 15) is 4.79 Å². The highest BCUT2D eigenvalue weighted by molar-refractivity contribution is 5.96. The summed E-state index contributed by atoms with van der Waals surface area (Å²) in [5.41, 5.74) is 4.93. The molecule has 1 fully saturated rings. The highest BCUT2D eigenvalue weighted by Crippen LogP contribution is 2.43. The summed E-state index contributed by atoms with van der Waals surface area (Å²) in [5.74, 6) is 0.0581. The van der Waals surface area contributed by atoms with Crippen LogP contribution in [-0.4, -0.2) is 37.0 Å². The van der Waals surface area contributed by atoms with E-state index in [-0.39, 0.29) is 18.0 Å². The minimum Gasteiger partial charge on any atom is -0.328 e. The van der Waals surface area contributed by atoms with Crippen molar-refractivity contribution < 1.29 is 4.79 Å². The summed E-state index contributed by atoms with van der Waals surface area (Å²) in [6, 6.07) is 6.15. The van der Waals surface area contributed by atoms with Gasteiger partial charge in [0.2, 0.25) is 0 Å². The molecule has 0 radical (unpaired) electrons. The van der Waals surface area contributed by atoms with Crippen molar-refractivity contribution in [3.63, 3.8) is 0 Å². The second-order valence-corrected chi connectivity index (χ2v) is 6.67. The van der Waals surface area contributed by atoms with Gasteiger partial charge in [0.25, 0.3) is 5.91 Å². The lowest BCUT2D eigenvalue weighted by Gasteiger charge is -2.34. The number of rotatable bonds is 2. The van der Waals surface area contributed by atoms with Crippen molar-refractivity contribution in [2.75, 3.05) is 0 Å². The van der Waals surface area contributed by atoms with Gasteiger partial charge in [-0.3, -0.25) is 19.9 Å². The number of nitrogens with one attached hydrogen (secondary N) is 1. The van der Waals surface area contributed by atoms with E-state index in [1.165, 1.54) is 11.3 Å². The van der Waals surface area contributed by atoms with Crippen molar-refractivity contribution in [1.29, 1.82) is 0 Å². The molecular weight excluding hydrogens is 314 g/mol. The first kappa shape index (κ1) is 14.3. The number of aromatic nitrogens is 4. The van der Waals surface area contributed by atoms with Gasteiger partial charge in [0.05, 0.1) is 17.8 Å². The monoisotopic (exact) mass is 331 g/mol. The molecule has 2 bridgehead atoms. The number of pyridine rings is 2. The van der Waals surface area contributed by atoms with Crippen LogP contribution in [0.1, 0.15) is 40.5 Å². The van der Waals surface area contributed by atoms with Crippen molar-refractivity contribution in [1.82, 2.24) is 25.1 Å². The molecular formula is C19H17N5O. The lowest BCUT2D eigenvalue weighted by Crippen LogP contribution is -2.41. The second kappa shape index (κ2) is 5.51. The average molecular weight is 331 g/mol. The van der Waals surface area contributed by atoms with E-state index in [1.807, 2.05) is 29.3 Å². The lowest BCUT2D eigenvalue weighted by atomic mass is 9.99. The molecule has 6 nitrogen and oxygen atoms in total. The molecule has 5 heterocycles. The highest BCUT2D eigenvalue weighted by atomic mass is 16.2. The molecule has 2 aliphatic heterocycles. The van der Waals surface area contributed by atoms with Gasteiger partial charge in [-0.05, 0) is 36.6 Å². The first-order valence-corrected chi connectivity index (χ1v) is 8.51. The quantitative estimate of drug-likeness (QED) is 0.783. The molecule has 1 N–H and O–H groups in total. The number of amides is 1. The Morgan fingerprint density at radius 1 is 1.08 bits per heavy atom. The van der Waals surface area contributed by atoms with E-state index >= 15 is 0 Å². The highest BCUT2D eigenvalue weighted by Gasteiger charge is 2.43. The van der Waals surface area contributed by atoms with E-state index in [0.717, 1.165) is 30.4 Å². The topological polar surface area (TPSA) is 74.8 Å². The largest absolute Gasteiger partial charge is 0.328 e. The Kier molecular flexibility index (Phi) is 3.16. The SMILES string of the molecule is O=C(c1cncc(-c2ccncc2)c1)N1C2CCC1c1cn[nH]c1C2. The molecule has 6 heteroatoms. The van der Waals surface area contributed by atoms with Gasteiger partial charge in [-0.15, -0.1) is 0 Å². The maximum absolute atomic E-state index is 13.2. The third-order valence-corrected chi connectivity index (χ3v) is 5.29. The van der Waals surface area contributed by atoms with Crippen LogP contribution < -0.4 is 0 Å². The van der Waals surface area contributed by atoms with Gasteiger partial charge in [-0.1, -0.05) is 0 Å². The van der Waals surface area contributed by atoms with Crippen LogP contribution in [0.5, 0.6) is 0 Å². The van der Waals surface area contributed by atoms with Crippen molar-refractivity contribution in [3.8, 4) is 11.1 Å². The molecule has 0 saturated carbocycles. The van der Waals surface area contributed by atoms with E-state index in [2.05, 4.69) is 20.2 Å². The number of aromatic amines is 1. The number of carbonyl (C=O) groups excluding carboxylic acids is 1. The van der Waals surface area contributed by atoms with Crippen LogP contribution in [0.15, 0.2) is 49.2 Å². The molecule has 0 spiro atoms. The van der Waals surface area contributed by atoms with Gasteiger partial charge in [-0.2, -0.15) is 5.10 Å². The minimum atomic E-state index is 0.0581. The number of carbonyl (C=O) groups is 1. The summed E-state index contributed by atoms with van der Waals surface area (Å²) in [7, 11) is 0. The summed E-state index contributed by atoms with van der Waals surface area (Å²) >= 11 is 0. The first-order valence-electron chi connectivity index (χ1n) is 8.51. The third kappa shape index (κ3) is 2.25. The molecule has 5 rings (SSSR count). The fraction of sp³-hybridized carbons (Fsp3) is 0.263. The van der Waals surface area contributed by atoms with Crippen LogP contribution in [0.25, 0.3) is 11.1 Å². The van der Waals surface area contributed by atoms with Gasteiger partial charge in [0, 0.05) is 54.1 Å². The van der Waals surface area contributed by atoms with Crippen molar-refractivity contribution in [2.24, 2.45) is 0 Å². The van der Waals surface area contributed by atoms with E-state index < -0.39 is 0 Å². The summed E-state index contributed by atoms with van der Waals surface area (Å²) in [6.45, 7) is 0. The van der Waals surface area contributed by atoms with Crippen molar-refractivity contribution in [3.05, 3.63) is 66.0 Å². The Labute approximate surface area is 144 Å². The summed E-state index contributed by atoms with van der Waals surface area (Å²) in [6.07, 6.45) is 11.7. The predicted molar refractivity (Wildman–Crippen MR) is 91.7 cm³/mol. The zero-order valence-corrected chi connectivity index (χ0v) is 13.6. The van der Waals surface area contributed by atoms with Crippen molar-refractivity contribution in [2.45, 2.75) is 31.3 Å².